The number of primary amides is 1. The molecular weight excluding hydrogens is 92.1 g/mol. The van der Waals surface area contributed by atoms with Crippen LogP contribution in [0.2, 0.25) is 0 Å². The summed E-state index contributed by atoms with van der Waals surface area (Å²) < 4.78 is 0. The van der Waals surface area contributed by atoms with E-state index >= 15 is 0 Å². The summed E-state index contributed by atoms with van der Waals surface area (Å²) in [6.45, 7) is 1.71. The van der Waals surface area contributed by atoms with E-state index in [-0.39, 0.29) is 6.03 Å². The molecule has 0 aromatic carbocycles. The number of likely N-dealkylation sites (tertiary alicyclic amines) is 1. The summed E-state index contributed by atoms with van der Waals surface area (Å²) in [5.41, 5.74) is 4.88. The van der Waals surface area contributed by atoms with Crippen molar-refractivity contribution < 1.29 is 4.79 Å². The third-order valence-electron chi connectivity index (χ3n) is 1.17. The Morgan fingerprint density at radius 3 is 2.14 bits per heavy atom. The van der Waals surface area contributed by atoms with Gasteiger partial charge >= 0.3 is 6.03 Å². The Hall–Kier alpha value is -0.730. The third kappa shape index (κ3) is 0.656. The van der Waals surface area contributed by atoms with Crippen LogP contribution in [0.1, 0.15) is 6.42 Å². The topological polar surface area (TPSA) is 46.3 Å². The molecule has 1 aliphatic rings. The molecule has 0 aliphatic carbocycles. The Morgan fingerprint density at radius 1 is 1.57 bits per heavy atom. The molecule has 0 saturated carbocycles. The molecule has 1 heterocycles. The maximum absolute atomic E-state index is 10.1. The fraction of sp³-hybridized carbons (Fsp3) is 0.750. The van der Waals surface area contributed by atoms with Gasteiger partial charge in [0.15, 0.2) is 0 Å². The molecule has 40 valence electrons. The zero-order chi connectivity index (χ0) is 5.28. The minimum atomic E-state index is -0.286. The molecule has 1 saturated heterocycles. The monoisotopic (exact) mass is 100 g/mol. The molecule has 2 N–H and O–H groups in total. The first kappa shape index (κ1) is 4.43. The Morgan fingerprint density at radius 2 is 2.14 bits per heavy atom. The Labute approximate surface area is 42.1 Å². The predicted molar refractivity (Wildman–Crippen MR) is 25.8 cm³/mol. The highest BCUT2D eigenvalue weighted by molar-refractivity contribution is 5.72. The largest absolute Gasteiger partial charge is 0.351 e. The molecule has 3 heteroatoms. The van der Waals surface area contributed by atoms with Crippen LogP contribution in [-0.4, -0.2) is 24.0 Å². The Bertz CT molecular complexity index is 87.7. The quantitative estimate of drug-likeness (QED) is 0.449. The molecule has 0 spiro atoms. The summed E-state index contributed by atoms with van der Waals surface area (Å²) in [7, 11) is 0. The Balaban J connectivity index is 2.27. The van der Waals surface area contributed by atoms with Crippen LogP contribution in [0.4, 0.5) is 4.79 Å². The molecule has 0 unspecified atom stereocenters. The highest BCUT2D eigenvalue weighted by Gasteiger charge is 2.15. The second-order valence-corrected chi connectivity index (χ2v) is 1.68. The Kier molecular flexibility index (Phi) is 0.889. The number of rotatable bonds is 0. The molecule has 0 atom stereocenters. The zero-order valence-electron chi connectivity index (χ0n) is 4.05. The van der Waals surface area contributed by atoms with E-state index in [0.717, 1.165) is 19.5 Å². The normalized spacial score (nSPS) is 18.6. The maximum Gasteiger partial charge on any atom is 0.314 e. The van der Waals surface area contributed by atoms with Gasteiger partial charge in [-0.15, -0.1) is 0 Å². The van der Waals surface area contributed by atoms with Crippen LogP contribution < -0.4 is 5.73 Å². The van der Waals surface area contributed by atoms with Gasteiger partial charge in [0, 0.05) is 13.1 Å². The first-order valence-corrected chi connectivity index (χ1v) is 2.35. The number of hydrogen-bond donors (Lipinski definition) is 1. The van der Waals surface area contributed by atoms with E-state index < -0.39 is 0 Å². The fourth-order valence-corrected chi connectivity index (χ4v) is 0.537. The maximum atomic E-state index is 10.1. The number of nitrogens with two attached hydrogens (primary N) is 1. The molecule has 3 nitrogen and oxygen atoms in total. The summed E-state index contributed by atoms with van der Waals surface area (Å²) in [6.07, 6.45) is 1.11. The van der Waals surface area contributed by atoms with Gasteiger partial charge in [0.05, 0.1) is 0 Å². The van der Waals surface area contributed by atoms with Crippen molar-refractivity contribution in [1.82, 2.24) is 4.90 Å². The van der Waals surface area contributed by atoms with Crippen molar-refractivity contribution in [1.29, 1.82) is 0 Å². The number of urea groups is 1. The number of amides is 2. The lowest BCUT2D eigenvalue weighted by Crippen LogP contribution is -2.45. The molecule has 1 aliphatic heterocycles. The average molecular weight is 100 g/mol. The molecule has 7 heavy (non-hydrogen) atoms. The van der Waals surface area contributed by atoms with Crippen LogP contribution in [0.3, 0.4) is 0 Å². The second-order valence-electron chi connectivity index (χ2n) is 1.68. The van der Waals surface area contributed by atoms with Gasteiger partial charge < -0.3 is 10.6 Å². The van der Waals surface area contributed by atoms with Gasteiger partial charge in [-0.05, 0) is 6.42 Å². The minimum absolute atomic E-state index is 0.286. The molecule has 0 radical (unpaired) electrons. The van der Waals surface area contributed by atoms with Crippen LogP contribution in [0, 0.1) is 0 Å². The van der Waals surface area contributed by atoms with E-state index in [1.165, 1.54) is 0 Å². The van der Waals surface area contributed by atoms with E-state index in [9.17, 15) is 4.79 Å². The van der Waals surface area contributed by atoms with Crippen molar-refractivity contribution in [2.24, 2.45) is 5.73 Å². The summed E-state index contributed by atoms with van der Waals surface area (Å²) >= 11 is 0. The minimum Gasteiger partial charge on any atom is -0.351 e. The van der Waals surface area contributed by atoms with E-state index in [1.54, 1.807) is 4.90 Å². The average Bonchev–Trinajstić information content (AvgIpc) is 1.23. The molecule has 1 fully saturated rings. The van der Waals surface area contributed by atoms with Crippen molar-refractivity contribution in [2.45, 2.75) is 6.42 Å². The summed E-state index contributed by atoms with van der Waals surface area (Å²) in [5.74, 6) is 0. The lowest BCUT2D eigenvalue weighted by atomic mass is 10.2. The van der Waals surface area contributed by atoms with Gasteiger partial charge in [0.1, 0.15) is 0 Å². The molecule has 2 amide bonds. The number of nitrogens with zero attached hydrogens (tertiary/aromatic N) is 1. The standard InChI is InChI=1S/C4H8N2O/c5-4(7)6-2-1-3-6/h1-3H2,(H2,5,7). The van der Waals surface area contributed by atoms with Crippen LogP contribution in [-0.2, 0) is 0 Å². The van der Waals surface area contributed by atoms with Crippen LogP contribution in [0.25, 0.3) is 0 Å². The van der Waals surface area contributed by atoms with Crippen molar-refractivity contribution >= 4 is 6.03 Å². The van der Waals surface area contributed by atoms with Crippen LogP contribution >= 0.6 is 0 Å². The summed E-state index contributed by atoms with van der Waals surface area (Å²) in [4.78, 5) is 11.7. The second kappa shape index (κ2) is 1.40. The van der Waals surface area contributed by atoms with Crippen molar-refractivity contribution in [3.8, 4) is 0 Å². The van der Waals surface area contributed by atoms with Gasteiger partial charge in [0.25, 0.3) is 0 Å². The first-order valence-electron chi connectivity index (χ1n) is 2.35. The molecule has 0 aromatic heterocycles. The first-order chi connectivity index (χ1) is 3.30. The summed E-state index contributed by atoms with van der Waals surface area (Å²) in [6, 6.07) is -0.286. The van der Waals surface area contributed by atoms with Crippen LogP contribution in [0.5, 0.6) is 0 Å². The fourth-order valence-electron chi connectivity index (χ4n) is 0.537. The van der Waals surface area contributed by atoms with Crippen molar-refractivity contribution in [2.75, 3.05) is 13.1 Å². The third-order valence-corrected chi connectivity index (χ3v) is 1.17. The molecular formula is C4H8N2O. The van der Waals surface area contributed by atoms with Gasteiger partial charge in [-0.3, -0.25) is 0 Å². The number of carbonyl (C=O) groups is 1. The van der Waals surface area contributed by atoms with Crippen LogP contribution in [0.15, 0.2) is 0 Å². The van der Waals surface area contributed by atoms with Gasteiger partial charge in [-0.2, -0.15) is 0 Å². The van der Waals surface area contributed by atoms with Gasteiger partial charge in [-0.25, -0.2) is 4.79 Å². The smallest absolute Gasteiger partial charge is 0.314 e. The van der Waals surface area contributed by atoms with E-state index in [2.05, 4.69) is 0 Å². The molecule has 0 aromatic rings. The highest BCUT2D eigenvalue weighted by atomic mass is 16.2. The SMILES string of the molecule is NC(=O)N1CCC1. The van der Waals surface area contributed by atoms with E-state index in [4.69, 9.17) is 5.73 Å². The molecule has 0 bridgehead atoms. The van der Waals surface area contributed by atoms with Crippen molar-refractivity contribution in [3.05, 3.63) is 0 Å². The summed E-state index contributed by atoms with van der Waals surface area (Å²) in [5, 5.41) is 0. The highest BCUT2D eigenvalue weighted by Crippen LogP contribution is 2.02. The van der Waals surface area contributed by atoms with Gasteiger partial charge in [0.2, 0.25) is 0 Å². The van der Waals surface area contributed by atoms with E-state index in [1.807, 2.05) is 0 Å². The zero-order valence-corrected chi connectivity index (χ0v) is 4.05. The predicted octanol–water partition coefficient (Wildman–Crippen LogP) is -0.229. The molecule has 1 rings (SSSR count). The number of carbonyl (C=O) groups excluding carboxylic acids is 1. The van der Waals surface area contributed by atoms with Crippen molar-refractivity contribution in [3.63, 3.8) is 0 Å². The van der Waals surface area contributed by atoms with Gasteiger partial charge in [-0.1, -0.05) is 0 Å². The lowest BCUT2D eigenvalue weighted by molar-refractivity contribution is 0.177. The lowest BCUT2D eigenvalue weighted by Gasteiger charge is -2.28. The van der Waals surface area contributed by atoms with E-state index in [0.29, 0.717) is 0 Å². The number of hydrogen-bond acceptors (Lipinski definition) is 1.